The van der Waals surface area contributed by atoms with Crippen LogP contribution in [0.1, 0.15) is 22.3 Å². The first kappa shape index (κ1) is 35.4. The molecular formula is C55H38N2S2. The second-order valence-electron chi connectivity index (χ2n) is 14.9. The molecule has 9 aromatic carbocycles. The van der Waals surface area contributed by atoms with E-state index in [2.05, 4.69) is 240 Å². The molecule has 0 unspecified atom stereocenters. The Labute approximate surface area is 354 Å². The fraction of sp³-hybridized carbons (Fsp3) is 0.0182. The zero-order valence-corrected chi connectivity index (χ0v) is 33.8. The number of anilines is 6. The second-order valence-corrected chi connectivity index (χ2v) is 17.0. The number of para-hydroxylation sites is 4. The van der Waals surface area contributed by atoms with E-state index in [9.17, 15) is 0 Å². The van der Waals surface area contributed by atoms with Crippen LogP contribution in [-0.2, 0) is 5.41 Å². The highest BCUT2D eigenvalue weighted by Gasteiger charge is 2.48. The standard InChI is InChI=1S/C55H38N2S2/c1-5-17-41(18-6-1)56(42-19-7-2-8-20-42)45-33-29-39(30-34-45)55(40-31-35-46(36-32-40)57(43-21-9-3-10-22-43)44-23-11-4-12-24-44)48-26-14-13-25-47(48)53-49(55)37-38-52-54(53)59-51-28-16-15-27-50(51)58-52/h1-38H. The Hall–Kier alpha value is -6.72. The number of fused-ring (bicyclic) bond motifs is 6. The fourth-order valence-corrected chi connectivity index (χ4v) is 11.5. The van der Waals surface area contributed by atoms with E-state index in [1.54, 1.807) is 0 Å². The Morgan fingerprint density at radius 2 is 0.678 bits per heavy atom. The van der Waals surface area contributed by atoms with Gasteiger partial charge in [0.25, 0.3) is 0 Å². The molecule has 11 rings (SSSR count). The maximum atomic E-state index is 2.41. The smallest absolute Gasteiger partial charge is 0.0714 e. The first-order valence-electron chi connectivity index (χ1n) is 20.0. The minimum atomic E-state index is -0.575. The summed E-state index contributed by atoms with van der Waals surface area (Å²) in [5.74, 6) is 0. The van der Waals surface area contributed by atoms with E-state index < -0.39 is 5.41 Å². The molecule has 59 heavy (non-hydrogen) atoms. The third kappa shape index (κ3) is 5.98. The molecule has 1 heterocycles. The van der Waals surface area contributed by atoms with Crippen LogP contribution in [0.4, 0.5) is 34.1 Å². The quantitative estimate of drug-likeness (QED) is 0.151. The first-order chi connectivity index (χ1) is 29.3. The highest BCUT2D eigenvalue weighted by atomic mass is 32.2. The molecule has 1 aliphatic heterocycles. The number of rotatable bonds is 8. The van der Waals surface area contributed by atoms with Crippen molar-refractivity contribution >= 4 is 57.6 Å². The van der Waals surface area contributed by atoms with E-state index in [1.165, 1.54) is 53.0 Å². The van der Waals surface area contributed by atoms with Crippen LogP contribution in [0.15, 0.2) is 250 Å². The van der Waals surface area contributed by atoms with Crippen LogP contribution in [0, 0.1) is 0 Å². The van der Waals surface area contributed by atoms with Gasteiger partial charge in [0.1, 0.15) is 0 Å². The highest BCUT2D eigenvalue weighted by molar-refractivity contribution is 8.05. The summed E-state index contributed by atoms with van der Waals surface area (Å²) in [6.45, 7) is 0. The van der Waals surface area contributed by atoms with Gasteiger partial charge in [-0.1, -0.05) is 163 Å². The maximum absolute atomic E-state index is 2.41. The molecule has 0 atom stereocenters. The van der Waals surface area contributed by atoms with Crippen LogP contribution in [0.5, 0.6) is 0 Å². The van der Waals surface area contributed by atoms with Crippen LogP contribution >= 0.6 is 23.5 Å². The van der Waals surface area contributed by atoms with Crippen molar-refractivity contribution in [2.75, 3.05) is 9.80 Å². The van der Waals surface area contributed by atoms with Crippen molar-refractivity contribution in [3.8, 4) is 11.1 Å². The van der Waals surface area contributed by atoms with E-state index in [0.717, 1.165) is 34.1 Å². The SMILES string of the molecule is c1ccc(N(c2ccccc2)c2ccc(C3(c4ccc(N(c5ccccc5)c5ccccc5)cc4)c4ccccc4-c4c3ccc3c4Sc4ccccc4S3)cc2)cc1. The molecule has 1 aliphatic carbocycles. The van der Waals surface area contributed by atoms with Gasteiger partial charge in [0, 0.05) is 59.3 Å². The molecule has 0 aromatic heterocycles. The van der Waals surface area contributed by atoms with Gasteiger partial charge >= 0.3 is 0 Å². The van der Waals surface area contributed by atoms with Crippen LogP contribution in [0.3, 0.4) is 0 Å². The summed E-state index contributed by atoms with van der Waals surface area (Å²) in [7, 11) is 0. The van der Waals surface area contributed by atoms with Crippen molar-refractivity contribution in [3.63, 3.8) is 0 Å². The molecule has 0 amide bonds. The summed E-state index contributed by atoms with van der Waals surface area (Å²) >= 11 is 3.80. The molecule has 2 aliphatic rings. The molecule has 0 saturated heterocycles. The van der Waals surface area contributed by atoms with Gasteiger partial charge in [-0.25, -0.2) is 0 Å². The van der Waals surface area contributed by atoms with E-state index in [0.29, 0.717) is 0 Å². The molecule has 0 fully saturated rings. The summed E-state index contributed by atoms with van der Waals surface area (Å²) in [6.07, 6.45) is 0. The highest BCUT2D eigenvalue weighted by Crippen LogP contribution is 2.62. The lowest BCUT2D eigenvalue weighted by Crippen LogP contribution is -2.29. The Kier molecular flexibility index (Phi) is 8.95. The maximum Gasteiger partial charge on any atom is 0.0714 e. The zero-order chi connectivity index (χ0) is 39.2. The molecule has 9 aromatic rings. The average Bonchev–Trinajstić information content (AvgIpc) is 3.62. The van der Waals surface area contributed by atoms with Crippen molar-refractivity contribution in [1.82, 2.24) is 0 Å². The van der Waals surface area contributed by atoms with Gasteiger partial charge in [0.2, 0.25) is 0 Å². The lowest BCUT2D eigenvalue weighted by Gasteiger charge is -2.35. The molecule has 4 heteroatoms. The van der Waals surface area contributed by atoms with E-state index >= 15 is 0 Å². The lowest BCUT2D eigenvalue weighted by atomic mass is 9.67. The van der Waals surface area contributed by atoms with Gasteiger partial charge in [-0.2, -0.15) is 0 Å². The molecule has 2 nitrogen and oxygen atoms in total. The zero-order valence-electron chi connectivity index (χ0n) is 32.2. The molecule has 0 bridgehead atoms. The lowest BCUT2D eigenvalue weighted by molar-refractivity contribution is 0.766. The Morgan fingerprint density at radius 1 is 0.288 bits per heavy atom. The minimum Gasteiger partial charge on any atom is -0.311 e. The van der Waals surface area contributed by atoms with Crippen molar-refractivity contribution in [2.24, 2.45) is 0 Å². The van der Waals surface area contributed by atoms with Crippen LogP contribution in [0.2, 0.25) is 0 Å². The summed E-state index contributed by atoms with van der Waals surface area (Å²) in [5.41, 5.74) is 13.9. The Morgan fingerprint density at radius 3 is 1.15 bits per heavy atom. The summed E-state index contributed by atoms with van der Waals surface area (Å²) in [6, 6.07) is 84.0. The van der Waals surface area contributed by atoms with Gasteiger partial charge in [-0.3, -0.25) is 0 Å². The fourth-order valence-electron chi connectivity index (χ4n) is 9.06. The van der Waals surface area contributed by atoms with Crippen LogP contribution in [-0.4, -0.2) is 0 Å². The summed E-state index contributed by atoms with van der Waals surface area (Å²) < 4.78 is 0. The van der Waals surface area contributed by atoms with Crippen molar-refractivity contribution in [3.05, 3.63) is 253 Å². The first-order valence-corrected chi connectivity index (χ1v) is 21.6. The monoisotopic (exact) mass is 790 g/mol. The predicted octanol–water partition coefficient (Wildman–Crippen LogP) is 15.6. The Bertz CT molecular complexity index is 2710. The Balaban J connectivity index is 1.12. The normalized spacial score (nSPS) is 13.1. The van der Waals surface area contributed by atoms with Crippen LogP contribution in [0.25, 0.3) is 11.1 Å². The second kappa shape index (κ2) is 14.9. The van der Waals surface area contributed by atoms with Crippen molar-refractivity contribution in [2.45, 2.75) is 25.0 Å². The number of nitrogens with zero attached hydrogens (tertiary/aromatic N) is 2. The van der Waals surface area contributed by atoms with Crippen molar-refractivity contribution in [1.29, 1.82) is 0 Å². The molecule has 0 radical (unpaired) electrons. The molecular weight excluding hydrogens is 753 g/mol. The third-order valence-electron chi connectivity index (χ3n) is 11.6. The third-order valence-corrected chi connectivity index (χ3v) is 14.2. The van der Waals surface area contributed by atoms with Gasteiger partial charge in [0.15, 0.2) is 0 Å². The largest absolute Gasteiger partial charge is 0.311 e. The van der Waals surface area contributed by atoms with E-state index in [1.807, 2.05) is 23.5 Å². The van der Waals surface area contributed by atoms with E-state index in [-0.39, 0.29) is 0 Å². The number of hydrogen-bond acceptors (Lipinski definition) is 4. The summed E-state index contributed by atoms with van der Waals surface area (Å²) in [5, 5.41) is 0. The molecule has 0 N–H and O–H groups in total. The van der Waals surface area contributed by atoms with Gasteiger partial charge < -0.3 is 9.80 Å². The topological polar surface area (TPSA) is 6.48 Å². The number of hydrogen-bond donors (Lipinski definition) is 0. The molecule has 0 saturated carbocycles. The number of benzene rings is 9. The molecule has 280 valence electrons. The van der Waals surface area contributed by atoms with Crippen molar-refractivity contribution < 1.29 is 0 Å². The van der Waals surface area contributed by atoms with Gasteiger partial charge in [-0.15, -0.1) is 0 Å². The molecule has 0 spiro atoms. The van der Waals surface area contributed by atoms with Gasteiger partial charge in [-0.05, 0) is 119 Å². The minimum absolute atomic E-state index is 0.575. The van der Waals surface area contributed by atoms with Crippen LogP contribution < -0.4 is 9.80 Å². The van der Waals surface area contributed by atoms with Gasteiger partial charge in [0.05, 0.1) is 5.41 Å². The predicted molar refractivity (Wildman–Crippen MR) is 248 cm³/mol. The van der Waals surface area contributed by atoms with E-state index in [4.69, 9.17) is 0 Å². The average molecular weight is 791 g/mol. The summed E-state index contributed by atoms with van der Waals surface area (Å²) in [4.78, 5) is 9.96.